The zero-order valence-electron chi connectivity index (χ0n) is 11.1. The second-order valence-electron chi connectivity index (χ2n) is 5.10. The molecule has 1 aliphatic carbocycles. The molecule has 0 bridgehead atoms. The molecule has 0 saturated heterocycles. The van der Waals surface area contributed by atoms with Crippen LogP contribution in [0.5, 0.6) is 0 Å². The highest BCUT2D eigenvalue weighted by Crippen LogP contribution is 2.26. The highest BCUT2D eigenvalue weighted by Gasteiger charge is 2.24. The Morgan fingerprint density at radius 2 is 2.29 bits per heavy atom. The van der Waals surface area contributed by atoms with Crippen molar-refractivity contribution in [1.82, 2.24) is 10.2 Å². The summed E-state index contributed by atoms with van der Waals surface area (Å²) in [6.45, 7) is 5.73. The van der Waals surface area contributed by atoms with Crippen molar-refractivity contribution < 1.29 is 0 Å². The van der Waals surface area contributed by atoms with Crippen molar-refractivity contribution in [2.45, 2.75) is 51.2 Å². The van der Waals surface area contributed by atoms with E-state index in [0.717, 1.165) is 12.6 Å². The Hall–Kier alpha value is -0.380. The van der Waals surface area contributed by atoms with Gasteiger partial charge in [0.25, 0.3) is 0 Å². The Morgan fingerprint density at radius 3 is 2.82 bits per heavy atom. The van der Waals surface area contributed by atoms with Gasteiger partial charge in [0, 0.05) is 29.5 Å². The first-order valence-electron chi connectivity index (χ1n) is 6.71. The summed E-state index contributed by atoms with van der Waals surface area (Å²) in [6, 6.07) is 6.38. The average Bonchev–Trinajstić information content (AvgIpc) is 3.01. The van der Waals surface area contributed by atoms with Crippen molar-refractivity contribution in [1.29, 1.82) is 0 Å². The van der Waals surface area contributed by atoms with E-state index in [1.165, 1.54) is 24.1 Å². The summed E-state index contributed by atoms with van der Waals surface area (Å²) >= 11 is 1.86. The lowest BCUT2D eigenvalue weighted by atomic mass is 10.1. The summed E-state index contributed by atoms with van der Waals surface area (Å²) in [4.78, 5) is 3.98. The van der Waals surface area contributed by atoms with Crippen LogP contribution in [0.2, 0.25) is 0 Å². The van der Waals surface area contributed by atoms with Crippen LogP contribution >= 0.6 is 11.3 Å². The molecule has 1 aromatic heterocycles. The highest BCUT2D eigenvalue weighted by molar-refractivity contribution is 7.10. The predicted octanol–water partition coefficient (Wildman–Crippen LogP) is 3.27. The smallest absolute Gasteiger partial charge is 0.0413 e. The third-order valence-electron chi connectivity index (χ3n) is 3.83. The molecule has 2 unspecified atom stereocenters. The highest BCUT2D eigenvalue weighted by atomic mass is 32.1. The molecule has 3 heteroatoms. The minimum Gasteiger partial charge on any atom is -0.312 e. The third-order valence-corrected chi connectivity index (χ3v) is 4.88. The van der Waals surface area contributed by atoms with Crippen LogP contribution in [-0.2, 0) is 0 Å². The Kier molecular flexibility index (Phi) is 4.60. The van der Waals surface area contributed by atoms with Crippen molar-refractivity contribution >= 4 is 11.3 Å². The summed E-state index contributed by atoms with van der Waals surface area (Å²) in [7, 11) is 2.26. The lowest BCUT2D eigenvalue weighted by Crippen LogP contribution is -2.41. The van der Waals surface area contributed by atoms with Gasteiger partial charge < -0.3 is 5.32 Å². The van der Waals surface area contributed by atoms with Crippen molar-refractivity contribution in [2.24, 2.45) is 0 Å². The Morgan fingerprint density at radius 1 is 1.53 bits per heavy atom. The van der Waals surface area contributed by atoms with Gasteiger partial charge in [0.05, 0.1) is 0 Å². The van der Waals surface area contributed by atoms with Crippen LogP contribution in [0, 0.1) is 0 Å². The zero-order chi connectivity index (χ0) is 12.3. The molecule has 0 amide bonds. The van der Waals surface area contributed by atoms with Gasteiger partial charge in [-0.15, -0.1) is 11.3 Å². The molecule has 0 radical (unpaired) electrons. The number of likely N-dealkylation sites (N-methyl/N-ethyl adjacent to an activating group) is 1. The molecule has 1 aliphatic rings. The largest absolute Gasteiger partial charge is 0.312 e. The van der Waals surface area contributed by atoms with E-state index in [-0.39, 0.29) is 0 Å². The summed E-state index contributed by atoms with van der Waals surface area (Å²) in [6.07, 6.45) is 3.97. The quantitative estimate of drug-likeness (QED) is 0.801. The number of nitrogens with zero attached hydrogens (tertiary/aromatic N) is 1. The number of rotatable bonds is 7. The van der Waals surface area contributed by atoms with E-state index in [1.54, 1.807) is 0 Å². The standard InChI is InChI=1S/C14H24N2S/c1-4-13(10-15-12-7-8-12)16(3)11(2)14-6-5-9-17-14/h5-6,9,11-13,15H,4,7-8,10H2,1-3H3. The summed E-state index contributed by atoms with van der Waals surface area (Å²) in [5, 5.41) is 5.82. The summed E-state index contributed by atoms with van der Waals surface area (Å²) < 4.78 is 0. The van der Waals surface area contributed by atoms with Crippen LogP contribution in [0.15, 0.2) is 17.5 Å². The van der Waals surface area contributed by atoms with Gasteiger partial charge in [0.2, 0.25) is 0 Å². The fraction of sp³-hybridized carbons (Fsp3) is 0.714. The Balaban J connectivity index is 1.88. The molecule has 96 valence electrons. The molecule has 2 nitrogen and oxygen atoms in total. The van der Waals surface area contributed by atoms with Crippen LogP contribution < -0.4 is 5.32 Å². The van der Waals surface area contributed by atoms with Crippen LogP contribution in [0.4, 0.5) is 0 Å². The van der Waals surface area contributed by atoms with Crippen LogP contribution in [0.25, 0.3) is 0 Å². The van der Waals surface area contributed by atoms with Gasteiger partial charge in [-0.1, -0.05) is 13.0 Å². The van der Waals surface area contributed by atoms with E-state index in [4.69, 9.17) is 0 Å². The normalized spacial score (nSPS) is 19.5. The lowest BCUT2D eigenvalue weighted by Gasteiger charge is -2.32. The fourth-order valence-electron chi connectivity index (χ4n) is 2.21. The predicted molar refractivity (Wildman–Crippen MR) is 75.6 cm³/mol. The molecule has 1 heterocycles. The molecule has 1 aromatic rings. The number of thiophene rings is 1. The molecule has 2 atom stereocenters. The van der Waals surface area contributed by atoms with Gasteiger partial charge in [-0.25, -0.2) is 0 Å². The maximum Gasteiger partial charge on any atom is 0.0413 e. The number of hydrogen-bond acceptors (Lipinski definition) is 3. The minimum absolute atomic E-state index is 0.529. The van der Waals surface area contributed by atoms with Crippen LogP contribution in [0.3, 0.4) is 0 Å². The molecule has 0 spiro atoms. The topological polar surface area (TPSA) is 15.3 Å². The first kappa shape index (κ1) is 13.1. The maximum absolute atomic E-state index is 3.65. The van der Waals surface area contributed by atoms with Gasteiger partial charge in [-0.05, 0) is 44.7 Å². The van der Waals surface area contributed by atoms with Gasteiger partial charge in [0.15, 0.2) is 0 Å². The van der Waals surface area contributed by atoms with Gasteiger partial charge in [-0.3, -0.25) is 4.90 Å². The molecular weight excluding hydrogens is 228 g/mol. The first-order chi connectivity index (χ1) is 8.22. The van der Waals surface area contributed by atoms with E-state index in [2.05, 4.69) is 48.6 Å². The van der Waals surface area contributed by atoms with E-state index < -0.39 is 0 Å². The summed E-state index contributed by atoms with van der Waals surface area (Å²) in [5.74, 6) is 0. The van der Waals surface area contributed by atoms with Crippen molar-refractivity contribution in [3.8, 4) is 0 Å². The molecule has 17 heavy (non-hydrogen) atoms. The van der Waals surface area contributed by atoms with E-state index >= 15 is 0 Å². The number of hydrogen-bond donors (Lipinski definition) is 1. The zero-order valence-corrected chi connectivity index (χ0v) is 12.0. The lowest BCUT2D eigenvalue weighted by molar-refractivity contribution is 0.178. The SMILES string of the molecule is CCC(CNC1CC1)N(C)C(C)c1cccs1. The molecule has 1 N–H and O–H groups in total. The van der Waals surface area contributed by atoms with Gasteiger partial charge in [0.1, 0.15) is 0 Å². The molecule has 1 fully saturated rings. The summed E-state index contributed by atoms with van der Waals surface area (Å²) in [5.41, 5.74) is 0. The maximum atomic E-state index is 3.65. The number of nitrogens with one attached hydrogen (secondary N) is 1. The van der Waals surface area contributed by atoms with Crippen molar-refractivity contribution in [3.05, 3.63) is 22.4 Å². The van der Waals surface area contributed by atoms with E-state index in [1.807, 2.05) is 11.3 Å². The monoisotopic (exact) mass is 252 g/mol. The van der Waals surface area contributed by atoms with E-state index in [9.17, 15) is 0 Å². The third kappa shape index (κ3) is 3.54. The van der Waals surface area contributed by atoms with Gasteiger partial charge >= 0.3 is 0 Å². The van der Waals surface area contributed by atoms with Crippen molar-refractivity contribution in [2.75, 3.05) is 13.6 Å². The van der Waals surface area contributed by atoms with Crippen molar-refractivity contribution in [3.63, 3.8) is 0 Å². The fourth-order valence-corrected chi connectivity index (χ4v) is 3.05. The van der Waals surface area contributed by atoms with Crippen LogP contribution in [0.1, 0.15) is 44.0 Å². The molecule has 0 aliphatic heterocycles. The molecular formula is C14H24N2S. The second kappa shape index (κ2) is 5.98. The Labute approximate surface area is 109 Å². The van der Waals surface area contributed by atoms with E-state index in [0.29, 0.717) is 12.1 Å². The van der Waals surface area contributed by atoms with Crippen LogP contribution in [-0.4, -0.2) is 30.6 Å². The van der Waals surface area contributed by atoms with Gasteiger partial charge in [-0.2, -0.15) is 0 Å². The first-order valence-corrected chi connectivity index (χ1v) is 7.59. The molecule has 0 aromatic carbocycles. The second-order valence-corrected chi connectivity index (χ2v) is 6.08. The molecule has 2 rings (SSSR count). The Bertz CT molecular complexity index is 319. The average molecular weight is 252 g/mol. The minimum atomic E-state index is 0.529. The molecule has 1 saturated carbocycles.